The molecular weight excluding hydrogens is 1080 g/mol. The molecule has 1 spiro atoms. The molecule has 6 aromatic rings. The molecule has 5 saturated heterocycles. The first-order valence-electron chi connectivity index (χ1n) is 29.2. The lowest BCUT2D eigenvalue weighted by molar-refractivity contribution is -0.384. The third-order valence-corrected chi connectivity index (χ3v) is 19.7. The second-order valence-electron chi connectivity index (χ2n) is 23.4. The summed E-state index contributed by atoms with van der Waals surface area (Å²) in [5.74, 6) is 2.23. The molecule has 13 rings (SSSR count). The highest BCUT2D eigenvalue weighted by atomic mass is 32.2. The number of nitrogens with one attached hydrogen (secondary N) is 3. The molecule has 1 amide bonds. The van der Waals surface area contributed by atoms with E-state index in [1.54, 1.807) is 25.4 Å². The van der Waals surface area contributed by atoms with Crippen LogP contribution in [-0.2, 0) is 30.8 Å². The average molecular weight is 1150 g/mol. The number of carbonyl (C=O) groups excluding carboxylic acids is 1. The van der Waals surface area contributed by atoms with Crippen LogP contribution in [0.3, 0.4) is 0 Å². The van der Waals surface area contributed by atoms with Gasteiger partial charge >= 0.3 is 0 Å². The number of amides is 1. The minimum absolute atomic E-state index is 0.00512. The Balaban J connectivity index is 0.740. The van der Waals surface area contributed by atoms with E-state index in [-0.39, 0.29) is 47.1 Å². The Morgan fingerprint density at radius 2 is 1.67 bits per heavy atom. The monoisotopic (exact) mass is 1150 g/mol. The average Bonchev–Trinajstić information content (AvgIpc) is 4.11. The fraction of sp³-hybridized carbons (Fsp3) is 0.500. The number of piperazine rings is 1. The summed E-state index contributed by atoms with van der Waals surface area (Å²) < 4.78 is 60.1. The standard InChI is InChI=1S/C60H72N12O10S/c1-39-5-3-4-6-45(39)51-37-67(36-41-29-52(78-2)57(63-35-41)69-22-27-80-28-23-69)20-21-70(51)43-32-60(33-43)15-18-68(19-16-60)54-10-8-46(56(64-54)71-48-14-26-81-38-53(48)82-59-50(71)30-42-11-17-61-55(42)65-59)58(73)66-83(76,77)44-7-9-47(49(31-44)72(74)75)62-34-40-12-24-79-25-13-40/h3-11,17,29-31,35,40,43,48,51,53,62H,12-16,18-28,32-34,36-38H2,1-2H3,(H,61,65)(H,66,73)/t48-,51-,53-/m0/s1. The predicted octanol–water partition coefficient (Wildman–Crippen LogP) is 7.37. The molecule has 6 aliphatic heterocycles. The minimum Gasteiger partial charge on any atom is -0.493 e. The summed E-state index contributed by atoms with van der Waals surface area (Å²) in [4.78, 5) is 56.2. The first-order chi connectivity index (χ1) is 40.4. The Morgan fingerprint density at radius 1 is 0.880 bits per heavy atom. The van der Waals surface area contributed by atoms with E-state index in [9.17, 15) is 23.3 Å². The fourth-order valence-corrected chi connectivity index (χ4v) is 14.7. The lowest BCUT2D eigenvalue weighted by Gasteiger charge is -2.58. The number of nitro groups is 1. The number of ether oxygens (including phenoxy) is 5. The minimum atomic E-state index is -4.65. The van der Waals surface area contributed by atoms with Crippen LogP contribution in [0.4, 0.5) is 34.5 Å². The van der Waals surface area contributed by atoms with E-state index in [4.69, 9.17) is 38.6 Å². The smallest absolute Gasteiger partial charge is 0.293 e. The topological polar surface area (TPSA) is 235 Å². The molecule has 23 heteroatoms. The van der Waals surface area contributed by atoms with Crippen LogP contribution < -0.4 is 34.2 Å². The van der Waals surface area contributed by atoms with Gasteiger partial charge in [-0.3, -0.25) is 24.7 Å². The van der Waals surface area contributed by atoms with Gasteiger partial charge < -0.3 is 48.7 Å². The number of nitrogens with zero attached hydrogens (tertiary/aromatic N) is 9. The molecule has 0 unspecified atom stereocenters. The summed E-state index contributed by atoms with van der Waals surface area (Å²) in [5, 5.41) is 16.3. The van der Waals surface area contributed by atoms with Gasteiger partial charge in [-0.1, -0.05) is 24.3 Å². The van der Waals surface area contributed by atoms with Gasteiger partial charge in [0.05, 0.1) is 48.4 Å². The van der Waals surface area contributed by atoms with Crippen LogP contribution in [0.25, 0.3) is 11.0 Å². The van der Waals surface area contributed by atoms with Crippen molar-refractivity contribution in [3.8, 4) is 11.6 Å². The summed E-state index contributed by atoms with van der Waals surface area (Å²) in [5.41, 5.74) is 4.97. The molecule has 438 valence electrons. The number of aromatic amines is 1. The molecule has 1 saturated carbocycles. The number of sulfonamides is 1. The number of morpholine rings is 1. The number of rotatable bonds is 15. The van der Waals surface area contributed by atoms with Crippen molar-refractivity contribution in [2.45, 2.75) is 87.5 Å². The van der Waals surface area contributed by atoms with E-state index < -0.39 is 37.5 Å². The van der Waals surface area contributed by atoms with Crippen LogP contribution >= 0.6 is 0 Å². The third-order valence-electron chi connectivity index (χ3n) is 18.4. The molecule has 1 aliphatic carbocycles. The summed E-state index contributed by atoms with van der Waals surface area (Å²) in [6.07, 6.45) is 9.64. The van der Waals surface area contributed by atoms with Gasteiger partial charge in [-0.15, -0.1) is 0 Å². The number of methoxy groups -OCH3 is 1. The van der Waals surface area contributed by atoms with E-state index in [1.165, 1.54) is 23.3 Å². The molecule has 0 radical (unpaired) electrons. The summed E-state index contributed by atoms with van der Waals surface area (Å²) in [6, 6.07) is 22.2. The van der Waals surface area contributed by atoms with Gasteiger partial charge in [0.15, 0.2) is 11.6 Å². The number of aromatic nitrogens is 4. The van der Waals surface area contributed by atoms with Crippen LogP contribution in [0.1, 0.15) is 78.0 Å². The Morgan fingerprint density at radius 3 is 2.47 bits per heavy atom. The molecule has 4 aromatic heterocycles. The second kappa shape index (κ2) is 23.1. The molecule has 2 aromatic carbocycles. The number of pyridine rings is 3. The maximum atomic E-state index is 14.8. The number of carbonyl (C=O) groups is 1. The SMILES string of the molecule is COc1cc(CN2CCN(C3CC4(CCN(c5ccc(C(=O)NS(=O)(=O)c6ccc(NCC7CCOCC7)c([N+](=O)[O-])c6)c(N6c7cc8cc[nH]c8nc7O[C@H]7COCC[C@@H]76)n5)CC4)C3)[C@H](c3ccccc3C)C2)cnc1N1CCOCC1. The zero-order chi connectivity index (χ0) is 56.8. The molecule has 3 N–H and O–H groups in total. The zero-order valence-electron chi connectivity index (χ0n) is 47.0. The van der Waals surface area contributed by atoms with Gasteiger partial charge in [0.2, 0.25) is 5.88 Å². The van der Waals surface area contributed by atoms with E-state index in [1.807, 2.05) is 23.2 Å². The van der Waals surface area contributed by atoms with E-state index in [0.29, 0.717) is 75.1 Å². The normalized spacial score (nSPS) is 22.6. The van der Waals surface area contributed by atoms with Gasteiger partial charge in [-0.2, -0.15) is 4.98 Å². The maximum absolute atomic E-state index is 14.8. The van der Waals surface area contributed by atoms with Gasteiger partial charge in [-0.25, -0.2) is 23.1 Å². The largest absolute Gasteiger partial charge is 0.493 e. The summed E-state index contributed by atoms with van der Waals surface area (Å²) in [7, 11) is -2.93. The van der Waals surface area contributed by atoms with Crippen LogP contribution in [-0.4, -0.2) is 166 Å². The molecule has 0 bridgehead atoms. The zero-order valence-corrected chi connectivity index (χ0v) is 47.9. The lowest BCUT2D eigenvalue weighted by atomic mass is 9.59. The van der Waals surface area contributed by atoms with Crippen molar-refractivity contribution in [3.05, 3.63) is 118 Å². The number of piperidine rings is 1. The Kier molecular flexibility index (Phi) is 15.3. The quantitative estimate of drug-likeness (QED) is 0.0672. The van der Waals surface area contributed by atoms with Gasteiger partial charge in [0.25, 0.3) is 21.6 Å². The van der Waals surface area contributed by atoms with Crippen LogP contribution in [0.5, 0.6) is 11.6 Å². The highest BCUT2D eigenvalue weighted by Gasteiger charge is 2.50. The van der Waals surface area contributed by atoms with Gasteiger partial charge in [0, 0.05) is 115 Å². The molecule has 10 heterocycles. The Bertz CT molecular complexity index is 3490. The van der Waals surface area contributed by atoms with Crippen molar-refractivity contribution in [2.24, 2.45) is 11.3 Å². The van der Waals surface area contributed by atoms with Crippen LogP contribution in [0.15, 0.2) is 90.1 Å². The Labute approximate surface area is 483 Å². The molecule has 3 atom stereocenters. The summed E-state index contributed by atoms with van der Waals surface area (Å²) >= 11 is 0. The van der Waals surface area contributed by atoms with Crippen LogP contribution in [0, 0.1) is 28.4 Å². The molecule has 6 fully saturated rings. The number of hydrogen-bond acceptors (Lipinski definition) is 19. The van der Waals surface area contributed by atoms with Crippen molar-refractivity contribution >= 4 is 61.5 Å². The van der Waals surface area contributed by atoms with Crippen LogP contribution in [0.2, 0.25) is 0 Å². The molecule has 83 heavy (non-hydrogen) atoms. The molecular formula is C60H72N12O10S. The number of aryl methyl sites for hydroxylation is 1. The number of nitro benzene ring substituents is 1. The van der Waals surface area contributed by atoms with Gasteiger partial charge in [-0.05, 0) is 122 Å². The van der Waals surface area contributed by atoms with Crippen molar-refractivity contribution < 1.29 is 41.8 Å². The number of hydrogen-bond donors (Lipinski definition) is 3. The number of anilines is 5. The maximum Gasteiger partial charge on any atom is 0.293 e. The number of fused-ring (bicyclic) bond motifs is 3. The van der Waals surface area contributed by atoms with E-state index >= 15 is 0 Å². The van der Waals surface area contributed by atoms with E-state index in [0.717, 1.165) is 119 Å². The highest BCUT2D eigenvalue weighted by Crippen LogP contribution is 2.54. The first-order valence-corrected chi connectivity index (χ1v) is 30.7. The van der Waals surface area contributed by atoms with Crippen molar-refractivity contribution in [3.63, 3.8) is 0 Å². The predicted molar refractivity (Wildman–Crippen MR) is 313 cm³/mol. The number of benzene rings is 2. The van der Waals surface area contributed by atoms with Crippen molar-refractivity contribution in [1.82, 2.24) is 34.5 Å². The first kappa shape index (κ1) is 55.1. The van der Waals surface area contributed by atoms with Crippen molar-refractivity contribution in [2.75, 3.05) is 119 Å². The van der Waals surface area contributed by atoms with E-state index in [2.05, 4.69) is 71.9 Å². The molecule has 7 aliphatic rings. The van der Waals surface area contributed by atoms with Crippen molar-refractivity contribution in [1.29, 1.82) is 0 Å². The highest BCUT2D eigenvalue weighted by molar-refractivity contribution is 7.90. The fourth-order valence-electron chi connectivity index (χ4n) is 13.8. The van der Waals surface area contributed by atoms with Gasteiger partial charge in [0.1, 0.15) is 34.8 Å². The Hall–Kier alpha value is -7.15. The molecule has 22 nitrogen and oxygen atoms in total. The lowest BCUT2D eigenvalue weighted by Crippen LogP contribution is -2.60. The number of H-pyrrole nitrogens is 1. The summed E-state index contributed by atoms with van der Waals surface area (Å²) in [6.45, 7) is 12.7. The second-order valence-corrected chi connectivity index (χ2v) is 25.1. The third kappa shape index (κ3) is 11.1.